The minimum atomic E-state index is 0.411. The highest BCUT2D eigenvalue weighted by Crippen LogP contribution is 2.36. The zero-order valence-corrected chi connectivity index (χ0v) is 12.7. The third-order valence-electron chi connectivity index (χ3n) is 3.81. The van der Waals surface area contributed by atoms with Crippen LogP contribution in [0.5, 0.6) is 0 Å². The van der Waals surface area contributed by atoms with Crippen LogP contribution in [0.25, 0.3) is 0 Å². The Bertz CT molecular complexity index is 457. The number of ether oxygens (including phenoxy) is 1. The molecule has 2 N–H and O–H groups in total. The van der Waals surface area contributed by atoms with Crippen LogP contribution < -0.4 is 5.73 Å². The van der Waals surface area contributed by atoms with Gasteiger partial charge in [-0.3, -0.25) is 0 Å². The normalized spacial score (nSPS) is 18.9. The molecule has 2 nitrogen and oxygen atoms in total. The lowest BCUT2D eigenvalue weighted by molar-refractivity contribution is -0.00454. The predicted molar refractivity (Wildman–Crippen MR) is 81.1 cm³/mol. The van der Waals surface area contributed by atoms with Crippen molar-refractivity contribution in [2.45, 2.75) is 52.2 Å². The quantitative estimate of drug-likeness (QED) is 0.858. The summed E-state index contributed by atoms with van der Waals surface area (Å²) < 4.78 is 6.05. The highest BCUT2D eigenvalue weighted by molar-refractivity contribution is 7.10. The molecular formula is C16H23NOS. The van der Waals surface area contributed by atoms with Crippen molar-refractivity contribution in [2.75, 3.05) is 6.54 Å². The van der Waals surface area contributed by atoms with Gasteiger partial charge in [-0.2, -0.15) is 0 Å². The predicted octanol–water partition coefficient (Wildman–Crippen LogP) is 3.54. The molecular weight excluding hydrogens is 254 g/mol. The van der Waals surface area contributed by atoms with Crippen LogP contribution in [0, 0.1) is 17.3 Å². The van der Waals surface area contributed by atoms with Gasteiger partial charge in [0.25, 0.3) is 0 Å². The van der Waals surface area contributed by atoms with E-state index < -0.39 is 0 Å². The van der Waals surface area contributed by atoms with Gasteiger partial charge >= 0.3 is 0 Å². The fraction of sp³-hybridized carbons (Fsp3) is 0.625. The SMILES string of the molecule is CC1(C)CCC(OCc2sccc2C#CCN)CC1. The summed E-state index contributed by atoms with van der Waals surface area (Å²) in [6.45, 7) is 5.80. The summed E-state index contributed by atoms with van der Waals surface area (Å²) in [7, 11) is 0. The Morgan fingerprint density at radius 1 is 1.42 bits per heavy atom. The summed E-state index contributed by atoms with van der Waals surface area (Å²) in [6.07, 6.45) is 5.32. The van der Waals surface area contributed by atoms with Gasteiger partial charge in [0.05, 0.1) is 19.3 Å². The maximum Gasteiger partial charge on any atom is 0.0825 e. The van der Waals surface area contributed by atoms with Crippen LogP contribution in [-0.2, 0) is 11.3 Å². The van der Waals surface area contributed by atoms with Gasteiger partial charge in [-0.15, -0.1) is 11.3 Å². The molecule has 0 saturated heterocycles. The molecule has 0 spiro atoms. The number of hydrogen-bond donors (Lipinski definition) is 1. The molecule has 1 heterocycles. The van der Waals surface area contributed by atoms with Crippen molar-refractivity contribution >= 4 is 11.3 Å². The molecule has 1 fully saturated rings. The molecule has 0 atom stereocenters. The summed E-state index contributed by atoms with van der Waals surface area (Å²) in [4.78, 5) is 1.23. The molecule has 0 aliphatic heterocycles. The molecule has 0 unspecified atom stereocenters. The number of nitrogens with two attached hydrogens (primary N) is 1. The number of hydrogen-bond acceptors (Lipinski definition) is 3. The van der Waals surface area contributed by atoms with E-state index in [0.717, 1.165) is 5.56 Å². The van der Waals surface area contributed by atoms with Gasteiger partial charge in [0, 0.05) is 10.4 Å². The zero-order chi connectivity index (χ0) is 13.7. The van der Waals surface area contributed by atoms with Gasteiger partial charge in [0.15, 0.2) is 0 Å². The van der Waals surface area contributed by atoms with Crippen molar-refractivity contribution in [3.8, 4) is 11.8 Å². The molecule has 1 aliphatic carbocycles. The Balaban J connectivity index is 1.85. The van der Waals surface area contributed by atoms with Gasteiger partial charge in [-0.1, -0.05) is 25.7 Å². The monoisotopic (exact) mass is 277 g/mol. The second-order valence-electron chi connectivity index (χ2n) is 5.94. The Morgan fingerprint density at radius 3 is 2.84 bits per heavy atom. The number of thiophene rings is 1. The molecule has 2 rings (SSSR count). The van der Waals surface area contributed by atoms with Crippen LogP contribution in [0.3, 0.4) is 0 Å². The van der Waals surface area contributed by atoms with E-state index >= 15 is 0 Å². The second kappa shape index (κ2) is 6.56. The third-order valence-corrected chi connectivity index (χ3v) is 4.70. The molecule has 104 valence electrons. The van der Waals surface area contributed by atoms with E-state index in [4.69, 9.17) is 10.5 Å². The van der Waals surface area contributed by atoms with Crippen molar-refractivity contribution in [3.05, 3.63) is 21.9 Å². The van der Waals surface area contributed by atoms with Gasteiger partial charge in [-0.05, 0) is 42.5 Å². The van der Waals surface area contributed by atoms with Crippen LogP contribution in [0.1, 0.15) is 50.0 Å². The fourth-order valence-corrected chi connectivity index (χ4v) is 3.19. The second-order valence-corrected chi connectivity index (χ2v) is 6.94. The largest absolute Gasteiger partial charge is 0.373 e. The van der Waals surface area contributed by atoms with E-state index in [-0.39, 0.29) is 0 Å². The van der Waals surface area contributed by atoms with Crippen molar-refractivity contribution < 1.29 is 4.74 Å². The van der Waals surface area contributed by atoms with E-state index in [1.807, 2.05) is 0 Å². The van der Waals surface area contributed by atoms with Gasteiger partial charge in [-0.25, -0.2) is 0 Å². The van der Waals surface area contributed by atoms with Crippen LogP contribution in [-0.4, -0.2) is 12.6 Å². The van der Waals surface area contributed by atoms with Crippen molar-refractivity contribution in [3.63, 3.8) is 0 Å². The molecule has 1 aromatic rings. The smallest absolute Gasteiger partial charge is 0.0825 e. The summed E-state index contributed by atoms with van der Waals surface area (Å²) in [5.74, 6) is 6.02. The molecule has 1 aromatic heterocycles. The van der Waals surface area contributed by atoms with Crippen LogP contribution in [0.15, 0.2) is 11.4 Å². The van der Waals surface area contributed by atoms with Crippen molar-refractivity contribution in [2.24, 2.45) is 11.1 Å². The van der Waals surface area contributed by atoms with E-state index in [0.29, 0.717) is 24.7 Å². The molecule has 1 aliphatic rings. The lowest BCUT2D eigenvalue weighted by Crippen LogP contribution is -2.26. The molecule has 1 saturated carbocycles. The van der Waals surface area contributed by atoms with E-state index in [2.05, 4.69) is 37.1 Å². The highest BCUT2D eigenvalue weighted by Gasteiger charge is 2.27. The summed E-state index contributed by atoms with van der Waals surface area (Å²) in [6, 6.07) is 2.05. The molecule has 0 bridgehead atoms. The van der Waals surface area contributed by atoms with E-state index in [9.17, 15) is 0 Å². The third kappa shape index (κ3) is 4.35. The maximum atomic E-state index is 6.05. The molecule has 0 amide bonds. The molecule has 19 heavy (non-hydrogen) atoms. The van der Waals surface area contributed by atoms with Gasteiger partial charge in [0.1, 0.15) is 0 Å². The highest BCUT2D eigenvalue weighted by atomic mass is 32.1. The standard InChI is InChI=1S/C16H23NOS/c1-16(2)8-5-14(6-9-16)18-12-15-13(4-3-10-17)7-11-19-15/h7,11,14H,5-6,8-10,12,17H2,1-2H3. The Kier molecular flexibility index (Phi) is 5.04. The number of rotatable bonds is 3. The topological polar surface area (TPSA) is 35.2 Å². The van der Waals surface area contributed by atoms with Crippen LogP contribution in [0.2, 0.25) is 0 Å². The average Bonchev–Trinajstić information content (AvgIpc) is 2.82. The summed E-state index contributed by atoms with van der Waals surface area (Å²) >= 11 is 1.72. The lowest BCUT2D eigenvalue weighted by atomic mass is 9.76. The van der Waals surface area contributed by atoms with Crippen LogP contribution in [0.4, 0.5) is 0 Å². The summed E-state index contributed by atoms with van der Waals surface area (Å²) in [5.41, 5.74) is 6.99. The Labute approximate surface area is 120 Å². The van der Waals surface area contributed by atoms with E-state index in [1.54, 1.807) is 11.3 Å². The first-order valence-electron chi connectivity index (χ1n) is 6.98. The fourth-order valence-electron chi connectivity index (χ4n) is 2.44. The first-order chi connectivity index (χ1) is 9.11. The average molecular weight is 277 g/mol. The summed E-state index contributed by atoms with van der Waals surface area (Å²) in [5, 5.41) is 2.07. The van der Waals surface area contributed by atoms with E-state index in [1.165, 1.54) is 30.6 Å². The van der Waals surface area contributed by atoms with Gasteiger partial charge < -0.3 is 10.5 Å². The van der Waals surface area contributed by atoms with Gasteiger partial charge in [0.2, 0.25) is 0 Å². The minimum Gasteiger partial charge on any atom is -0.373 e. The Morgan fingerprint density at radius 2 is 2.16 bits per heavy atom. The zero-order valence-electron chi connectivity index (χ0n) is 11.9. The molecule has 0 radical (unpaired) electrons. The maximum absolute atomic E-state index is 6.05. The van der Waals surface area contributed by atoms with Crippen LogP contribution >= 0.6 is 11.3 Å². The molecule has 0 aromatic carbocycles. The first kappa shape index (κ1) is 14.6. The minimum absolute atomic E-state index is 0.411. The van der Waals surface area contributed by atoms with Crippen molar-refractivity contribution in [1.29, 1.82) is 0 Å². The lowest BCUT2D eigenvalue weighted by Gasteiger charge is -2.34. The Hall–Kier alpha value is -0.820. The molecule has 3 heteroatoms. The van der Waals surface area contributed by atoms with Crippen molar-refractivity contribution in [1.82, 2.24) is 0 Å². The first-order valence-corrected chi connectivity index (χ1v) is 7.85.